The first-order chi connectivity index (χ1) is 8.51. The SMILES string of the molecule is CCC(CNC)C(=O)N(C)c1ccc(C)c(C)c1. The number of rotatable bonds is 5. The third-order valence-corrected chi connectivity index (χ3v) is 3.50. The maximum absolute atomic E-state index is 12.3. The molecule has 100 valence electrons. The normalized spacial score (nSPS) is 12.3. The Morgan fingerprint density at radius 1 is 1.33 bits per heavy atom. The van der Waals surface area contributed by atoms with Crippen LogP contribution in [-0.2, 0) is 4.79 Å². The molecule has 3 nitrogen and oxygen atoms in total. The molecular weight excluding hydrogens is 224 g/mol. The summed E-state index contributed by atoms with van der Waals surface area (Å²) < 4.78 is 0. The molecule has 1 amide bonds. The average Bonchev–Trinajstić information content (AvgIpc) is 2.37. The Morgan fingerprint density at radius 3 is 2.50 bits per heavy atom. The van der Waals surface area contributed by atoms with Gasteiger partial charge in [-0.3, -0.25) is 4.79 Å². The fourth-order valence-electron chi connectivity index (χ4n) is 1.99. The zero-order chi connectivity index (χ0) is 13.7. The minimum Gasteiger partial charge on any atom is -0.319 e. The molecule has 0 bridgehead atoms. The number of carbonyl (C=O) groups is 1. The van der Waals surface area contributed by atoms with Crippen LogP contribution >= 0.6 is 0 Å². The van der Waals surface area contributed by atoms with E-state index in [1.54, 1.807) is 4.90 Å². The molecule has 0 aliphatic carbocycles. The van der Waals surface area contributed by atoms with Gasteiger partial charge in [-0.2, -0.15) is 0 Å². The van der Waals surface area contributed by atoms with Crippen LogP contribution in [0.5, 0.6) is 0 Å². The Hall–Kier alpha value is -1.35. The lowest BCUT2D eigenvalue weighted by Crippen LogP contribution is -2.37. The van der Waals surface area contributed by atoms with E-state index in [9.17, 15) is 4.79 Å². The zero-order valence-corrected chi connectivity index (χ0v) is 12.1. The Bertz CT molecular complexity index is 415. The summed E-state index contributed by atoms with van der Waals surface area (Å²) in [4.78, 5) is 14.1. The Morgan fingerprint density at radius 2 is 2.00 bits per heavy atom. The molecule has 18 heavy (non-hydrogen) atoms. The first-order valence-corrected chi connectivity index (χ1v) is 6.50. The molecule has 1 unspecified atom stereocenters. The molecule has 0 radical (unpaired) electrons. The highest BCUT2D eigenvalue weighted by molar-refractivity contribution is 5.94. The van der Waals surface area contributed by atoms with Crippen molar-refractivity contribution in [3.05, 3.63) is 29.3 Å². The van der Waals surface area contributed by atoms with Gasteiger partial charge in [0.1, 0.15) is 0 Å². The predicted octanol–water partition coefficient (Wildman–Crippen LogP) is 2.51. The van der Waals surface area contributed by atoms with Crippen molar-refractivity contribution in [2.75, 3.05) is 25.5 Å². The smallest absolute Gasteiger partial charge is 0.231 e. The van der Waals surface area contributed by atoms with Gasteiger partial charge in [-0.15, -0.1) is 0 Å². The summed E-state index contributed by atoms with van der Waals surface area (Å²) in [6.07, 6.45) is 0.856. The fraction of sp³-hybridized carbons (Fsp3) is 0.533. The summed E-state index contributed by atoms with van der Waals surface area (Å²) in [5.41, 5.74) is 3.44. The number of anilines is 1. The topological polar surface area (TPSA) is 32.3 Å². The van der Waals surface area contributed by atoms with Gasteiger partial charge in [0.05, 0.1) is 5.92 Å². The van der Waals surface area contributed by atoms with Crippen LogP contribution < -0.4 is 10.2 Å². The average molecular weight is 248 g/mol. The van der Waals surface area contributed by atoms with Crippen LogP contribution in [0.2, 0.25) is 0 Å². The maximum Gasteiger partial charge on any atom is 0.231 e. The van der Waals surface area contributed by atoms with Gasteiger partial charge in [0.25, 0.3) is 0 Å². The third-order valence-electron chi connectivity index (χ3n) is 3.50. The van der Waals surface area contributed by atoms with Crippen LogP contribution in [-0.4, -0.2) is 26.5 Å². The van der Waals surface area contributed by atoms with E-state index in [2.05, 4.69) is 31.3 Å². The van der Waals surface area contributed by atoms with E-state index in [4.69, 9.17) is 0 Å². The van der Waals surface area contributed by atoms with Gasteiger partial charge in [0.2, 0.25) is 5.91 Å². The van der Waals surface area contributed by atoms with Gasteiger partial charge in [-0.25, -0.2) is 0 Å². The minimum atomic E-state index is 0.0432. The number of nitrogens with one attached hydrogen (secondary N) is 1. The van der Waals surface area contributed by atoms with Crippen molar-refractivity contribution in [1.82, 2.24) is 5.32 Å². The maximum atomic E-state index is 12.3. The molecule has 0 heterocycles. The Labute approximate surface area is 110 Å². The van der Waals surface area contributed by atoms with Crippen molar-refractivity contribution >= 4 is 11.6 Å². The summed E-state index contributed by atoms with van der Waals surface area (Å²) in [5, 5.41) is 3.08. The van der Waals surface area contributed by atoms with E-state index >= 15 is 0 Å². The molecule has 0 aromatic heterocycles. The van der Waals surface area contributed by atoms with Gasteiger partial charge in [0.15, 0.2) is 0 Å². The standard InChI is InChI=1S/C15H24N2O/c1-6-13(10-16-4)15(18)17(5)14-8-7-11(2)12(3)9-14/h7-9,13,16H,6,10H2,1-5H3. The second-order valence-corrected chi connectivity index (χ2v) is 4.83. The lowest BCUT2D eigenvalue weighted by atomic mass is 10.0. The van der Waals surface area contributed by atoms with Crippen LogP contribution in [0.1, 0.15) is 24.5 Å². The summed E-state index contributed by atoms with van der Waals surface area (Å²) in [5.74, 6) is 0.219. The predicted molar refractivity (Wildman–Crippen MR) is 77.0 cm³/mol. The number of hydrogen-bond acceptors (Lipinski definition) is 2. The molecule has 0 aliphatic rings. The second-order valence-electron chi connectivity index (χ2n) is 4.83. The van der Waals surface area contributed by atoms with Gasteiger partial charge < -0.3 is 10.2 Å². The molecule has 0 fully saturated rings. The van der Waals surface area contributed by atoms with E-state index in [1.165, 1.54) is 11.1 Å². The number of benzene rings is 1. The summed E-state index contributed by atoms with van der Waals surface area (Å²) in [6.45, 7) is 6.93. The fourth-order valence-corrected chi connectivity index (χ4v) is 1.99. The van der Waals surface area contributed by atoms with E-state index in [1.807, 2.05) is 27.1 Å². The number of amides is 1. The van der Waals surface area contributed by atoms with Crippen LogP contribution in [0.25, 0.3) is 0 Å². The quantitative estimate of drug-likeness (QED) is 0.868. The molecule has 3 heteroatoms. The Balaban J connectivity index is 2.88. The molecule has 1 N–H and O–H groups in total. The molecule has 0 aliphatic heterocycles. The number of hydrogen-bond donors (Lipinski definition) is 1. The zero-order valence-electron chi connectivity index (χ0n) is 12.1. The van der Waals surface area contributed by atoms with Gasteiger partial charge in [-0.05, 0) is 50.6 Å². The molecule has 1 aromatic carbocycles. The summed E-state index contributed by atoms with van der Waals surface area (Å²) in [6, 6.07) is 6.14. The molecule has 0 saturated carbocycles. The van der Waals surface area contributed by atoms with Gasteiger partial charge in [-0.1, -0.05) is 13.0 Å². The number of aryl methyl sites for hydroxylation is 2. The van der Waals surface area contributed by atoms with Crippen LogP contribution in [0.4, 0.5) is 5.69 Å². The van der Waals surface area contributed by atoms with E-state index in [-0.39, 0.29) is 11.8 Å². The molecule has 1 rings (SSSR count). The van der Waals surface area contributed by atoms with Crippen molar-refractivity contribution < 1.29 is 4.79 Å². The minimum absolute atomic E-state index is 0.0432. The van der Waals surface area contributed by atoms with Gasteiger partial charge >= 0.3 is 0 Å². The summed E-state index contributed by atoms with van der Waals surface area (Å²) in [7, 11) is 3.73. The lowest BCUT2D eigenvalue weighted by Gasteiger charge is -2.23. The number of carbonyl (C=O) groups excluding carboxylic acids is 1. The lowest BCUT2D eigenvalue weighted by molar-refractivity contribution is -0.122. The van der Waals surface area contributed by atoms with Crippen molar-refractivity contribution in [2.45, 2.75) is 27.2 Å². The molecule has 1 aromatic rings. The highest BCUT2D eigenvalue weighted by Crippen LogP contribution is 2.20. The monoisotopic (exact) mass is 248 g/mol. The van der Waals surface area contributed by atoms with Crippen molar-refractivity contribution in [3.63, 3.8) is 0 Å². The third kappa shape index (κ3) is 3.33. The van der Waals surface area contributed by atoms with Crippen molar-refractivity contribution in [1.29, 1.82) is 0 Å². The number of nitrogens with zero attached hydrogens (tertiary/aromatic N) is 1. The molecule has 0 saturated heterocycles. The van der Waals surface area contributed by atoms with Crippen LogP contribution in [0.15, 0.2) is 18.2 Å². The van der Waals surface area contributed by atoms with Crippen molar-refractivity contribution in [3.8, 4) is 0 Å². The second kappa shape index (κ2) is 6.55. The van der Waals surface area contributed by atoms with E-state index in [0.29, 0.717) is 0 Å². The largest absolute Gasteiger partial charge is 0.319 e. The molecule has 0 spiro atoms. The van der Waals surface area contributed by atoms with E-state index in [0.717, 1.165) is 18.7 Å². The molecular formula is C15H24N2O. The Kier molecular flexibility index (Phi) is 5.35. The van der Waals surface area contributed by atoms with Gasteiger partial charge in [0, 0.05) is 19.3 Å². The van der Waals surface area contributed by atoms with Crippen molar-refractivity contribution in [2.24, 2.45) is 5.92 Å². The van der Waals surface area contributed by atoms with Crippen LogP contribution in [0.3, 0.4) is 0 Å². The molecule has 1 atom stereocenters. The highest BCUT2D eigenvalue weighted by atomic mass is 16.2. The highest BCUT2D eigenvalue weighted by Gasteiger charge is 2.20. The summed E-state index contributed by atoms with van der Waals surface area (Å²) >= 11 is 0. The first kappa shape index (κ1) is 14.7. The van der Waals surface area contributed by atoms with Crippen LogP contribution in [0, 0.1) is 19.8 Å². The van der Waals surface area contributed by atoms with E-state index < -0.39 is 0 Å². The first-order valence-electron chi connectivity index (χ1n) is 6.50.